The maximum absolute atomic E-state index is 14.0. The maximum atomic E-state index is 14.0. The molecule has 1 aromatic carbocycles. The van der Waals surface area contributed by atoms with E-state index in [2.05, 4.69) is 11.1 Å². The minimum atomic E-state index is -0.799. The SMILES string of the molecule is COc1cc2c(cc1OC)C13CCN(C)C=C4C=COCC(C4CC1=O)C3N2C(C)=O. The summed E-state index contributed by atoms with van der Waals surface area (Å²) in [6.07, 6.45) is 6.88. The Labute approximate surface area is 182 Å². The number of benzene rings is 1. The zero-order valence-electron chi connectivity index (χ0n) is 18.4. The molecular weight excluding hydrogens is 396 g/mol. The van der Waals surface area contributed by atoms with Crippen LogP contribution in [0.15, 0.2) is 36.2 Å². The molecule has 1 amide bonds. The van der Waals surface area contributed by atoms with E-state index in [9.17, 15) is 9.59 Å². The van der Waals surface area contributed by atoms with Crippen molar-refractivity contribution in [2.45, 2.75) is 31.2 Å². The monoisotopic (exact) mass is 424 g/mol. The van der Waals surface area contributed by atoms with E-state index in [4.69, 9.17) is 14.2 Å². The first kappa shape index (κ1) is 20.0. The van der Waals surface area contributed by atoms with Gasteiger partial charge >= 0.3 is 0 Å². The number of fused-ring (bicyclic) bond motifs is 3. The van der Waals surface area contributed by atoms with E-state index in [0.717, 1.165) is 16.8 Å². The summed E-state index contributed by atoms with van der Waals surface area (Å²) in [7, 11) is 5.21. The van der Waals surface area contributed by atoms with Gasteiger partial charge < -0.3 is 24.0 Å². The Morgan fingerprint density at radius 3 is 2.68 bits per heavy atom. The van der Waals surface area contributed by atoms with Crippen LogP contribution in [0.25, 0.3) is 0 Å². The summed E-state index contributed by atoms with van der Waals surface area (Å²) < 4.78 is 17.0. The fourth-order valence-corrected chi connectivity index (χ4v) is 6.17. The van der Waals surface area contributed by atoms with Gasteiger partial charge in [-0.2, -0.15) is 0 Å². The molecule has 0 radical (unpaired) electrons. The fourth-order valence-electron chi connectivity index (χ4n) is 6.17. The first-order valence-electron chi connectivity index (χ1n) is 10.7. The lowest BCUT2D eigenvalue weighted by molar-refractivity contribution is -0.131. The maximum Gasteiger partial charge on any atom is 0.224 e. The predicted molar refractivity (Wildman–Crippen MR) is 115 cm³/mol. The van der Waals surface area contributed by atoms with Crippen LogP contribution in [0.1, 0.15) is 25.3 Å². The summed E-state index contributed by atoms with van der Waals surface area (Å²) >= 11 is 0. The van der Waals surface area contributed by atoms with Gasteiger partial charge in [-0.25, -0.2) is 0 Å². The summed E-state index contributed by atoms with van der Waals surface area (Å²) in [6.45, 7) is 2.75. The molecule has 1 fully saturated rings. The molecule has 7 heteroatoms. The lowest BCUT2D eigenvalue weighted by atomic mass is 9.57. The quantitative estimate of drug-likeness (QED) is 0.727. The van der Waals surface area contributed by atoms with Crippen LogP contribution in [-0.4, -0.2) is 57.1 Å². The largest absolute Gasteiger partial charge is 0.501 e. The number of rotatable bonds is 2. The second-order valence-electron chi connectivity index (χ2n) is 8.92. The average molecular weight is 424 g/mol. The van der Waals surface area contributed by atoms with Crippen LogP contribution in [0.4, 0.5) is 5.69 Å². The van der Waals surface area contributed by atoms with Crippen LogP contribution >= 0.6 is 0 Å². The molecule has 0 aromatic heterocycles. The number of allylic oxidation sites excluding steroid dienone is 2. The third-order valence-electron chi connectivity index (χ3n) is 7.49. The van der Waals surface area contributed by atoms with E-state index < -0.39 is 5.41 Å². The molecule has 2 bridgehead atoms. The van der Waals surface area contributed by atoms with E-state index in [-0.39, 0.29) is 29.6 Å². The molecule has 0 saturated heterocycles. The third-order valence-corrected chi connectivity index (χ3v) is 7.49. The highest BCUT2D eigenvalue weighted by molar-refractivity contribution is 6.05. The number of amides is 1. The molecule has 164 valence electrons. The molecule has 1 saturated carbocycles. The van der Waals surface area contributed by atoms with Crippen molar-refractivity contribution in [2.75, 3.05) is 39.3 Å². The smallest absolute Gasteiger partial charge is 0.224 e. The van der Waals surface area contributed by atoms with Crippen molar-refractivity contribution in [3.63, 3.8) is 0 Å². The summed E-state index contributed by atoms with van der Waals surface area (Å²) in [4.78, 5) is 31.0. The molecular formula is C24H28N2O5. The van der Waals surface area contributed by atoms with E-state index in [1.807, 2.05) is 30.2 Å². The van der Waals surface area contributed by atoms with Gasteiger partial charge in [0.2, 0.25) is 5.91 Å². The highest BCUT2D eigenvalue weighted by atomic mass is 16.5. The summed E-state index contributed by atoms with van der Waals surface area (Å²) in [5, 5.41) is 0. The number of carbonyl (C=O) groups is 2. The van der Waals surface area contributed by atoms with Gasteiger partial charge in [0.1, 0.15) is 5.78 Å². The number of hydrogen-bond acceptors (Lipinski definition) is 6. The van der Waals surface area contributed by atoms with E-state index in [1.165, 1.54) is 0 Å². The molecule has 1 aromatic rings. The molecule has 1 spiro atoms. The normalized spacial score (nSPS) is 30.9. The Morgan fingerprint density at radius 1 is 1.23 bits per heavy atom. The molecule has 0 N–H and O–H groups in total. The first-order valence-corrected chi connectivity index (χ1v) is 10.7. The van der Waals surface area contributed by atoms with Gasteiger partial charge in [0, 0.05) is 51.0 Å². The molecule has 31 heavy (non-hydrogen) atoms. The van der Waals surface area contributed by atoms with Crippen molar-refractivity contribution in [3.05, 3.63) is 41.8 Å². The van der Waals surface area contributed by atoms with Gasteiger partial charge in [-0.3, -0.25) is 9.59 Å². The highest BCUT2D eigenvalue weighted by Gasteiger charge is 2.64. The molecule has 4 atom stereocenters. The number of Topliss-reactive ketones (excluding diaryl/α,β-unsaturated/α-hetero) is 1. The number of carbonyl (C=O) groups excluding carboxylic acids is 2. The van der Waals surface area contributed by atoms with Crippen molar-refractivity contribution >= 4 is 17.4 Å². The Hall–Kier alpha value is -2.96. The van der Waals surface area contributed by atoms with Crippen molar-refractivity contribution in [3.8, 4) is 11.5 Å². The second-order valence-corrected chi connectivity index (χ2v) is 8.92. The van der Waals surface area contributed by atoms with Crippen molar-refractivity contribution < 1.29 is 23.8 Å². The Kier molecular flexibility index (Phi) is 4.53. The van der Waals surface area contributed by atoms with Crippen LogP contribution in [0.2, 0.25) is 0 Å². The molecule has 5 rings (SSSR count). The number of nitrogens with zero attached hydrogens (tertiary/aromatic N) is 2. The third kappa shape index (κ3) is 2.65. The van der Waals surface area contributed by atoms with Gasteiger partial charge in [-0.05, 0) is 29.7 Å². The summed E-state index contributed by atoms with van der Waals surface area (Å²) in [5.74, 6) is 1.23. The van der Waals surface area contributed by atoms with E-state index in [0.29, 0.717) is 37.5 Å². The number of anilines is 1. The number of methoxy groups -OCH3 is 2. The Bertz CT molecular complexity index is 1020. The van der Waals surface area contributed by atoms with E-state index >= 15 is 0 Å². The number of ether oxygens (including phenoxy) is 3. The van der Waals surface area contributed by atoms with Gasteiger partial charge in [-0.15, -0.1) is 0 Å². The van der Waals surface area contributed by atoms with Gasteiger partial charge in [0.25, 0.3) is 0 Å². The molecule has 4 aliphatic rings. The number of hydrogen-bond donors (Lipinski definition) is 0. The minimum Gasteiger partial charge on any atom is -0.501 e. The van der Waals surface area contributed by atoms with Crippen LogP contribution in [-0.2, 0) is 19.7 Å². The van der Waals surface area contributed by atoms with Crippen LogP contribution in [0, 0.1) is 11.8 Å². The minimum absolute atomic E-state index is 0.00117. The zero-order chi connectivity index (χ0) is 21.9. The summed E-state index contributed by atoms with van der Waals surface area (Å²) in [5.41, 5.74) is 1.90. The zero-order valence-corrected chi connectivity index (χ0v) is 18.4. The predicted octanol–water partition coefficient (Wildman–Crippen LogP) is 2.65. The van der Waals surface area contributed by atoms with Crippen LogP contribution < -0.4 is 14.4 Å². The van der Waals surface area contributed by atoms with Crippen molar-refractivity contribution in [1.82, 2.24) is 4.90 Å². The fraction of sp³-hybridized carbons (Fsp3) is 0.500. The molecule has 4 unspecified atom stereocenters. The van der Waals surface area contributed by atoms with Crippen LogP contribution in [0.3, 0.4) is 0 Å². The topological polar surface area (TPSA) is 68.3 Å². The van der Waals surface area contributed by atoms with Crippen molar-refractivity contribution in [2.24, 2.45) is 11.8 Å². The highest BCUT2D eigenvalue weighted by Crippen LogP contribution is 2.59. The summed E-state index contributed by atoms with van der Waals surface area (Å²) in [6, 6.07) is 3.45. The lowest BCUT2D eigenvalue weighted by Gasteiger charge is -2.48. The van der Waals surface area contributed by atoms with Gasteiger partial charge in [0.05, 0.1) is 44.2 Å². The number of ketones is 1. The van der Waals surface area contributed by atoms with E-state index in [1.54, 1.807) is 27.4 Å². The molecule has 7 nitrogen and oxygen atoms in total. The molecule has 3 heterocycles. The van der Waals surface area contributed by atoms with Crippen molar-refractivity contribution in [1.29, 1.82) is 0 Å². The first-order chi connectivity index (χ1) is 14.9. The van der Waals surface area contributed by atoms with Gasteiger partial charge in [0.15, 0.2) is 11.5 Å². The lowest BCUT2D eigenvalue weighted by Crippen LogP contribution is -2.61. The van der Waals surface area contributed by atoms with Gasteiger partial charge in [-0.1, -0.05) is 0 Å². The Balaban J connectivity index is 1.80. The molecule has 3 aliphatic heterocycles. The molecule has 1 aliphatic carbocycles. The van der Waals surface area contributed by atoms with Crippen LogP contribution in [0.5, 0.6) is 11.5 Å². The Morgan fingerprint density at radius 2 is 1.97 bits per heavy atom. The second kappa shape index (κ2) is 7.04. The standard InChI is InChI=1S/C24H28N2O5/c1-14(27)26-19-11-21(30-4)20(29-3)10-18(19)24-6-7-25(2)12-15-5-8-31-13-17(23(24)26)16(15)9-22(24)28/h5,8,10-12,16-17,23H,6-7,9,13H2,1-4H3. The average Bonchev–Trinajstić information content (AvgIpc) is 2.95.